The van der Waals surface area contributed by atoms with Crippen LogP contribution >= 0.6 is 11.8 Å². The van der Waals surface area contributed by atoms with Crippen molar-refractivity contribution < 1.29 is 0 Å². The van der Waals surface area contributed by atoms with Crippen LogP contribution in [-0.2, 0) is 0 Å². The van der Waals surface area contributed by atoms with Crippen molar-refractivity contribution >= 4 is 11.8 Å². The first-order valence-corrected chi connectivity index (χ1v) is 8.02. The molecule has 1 nitrogen and oxygen atoms in total. The molecule has 0 amide bonds. The second kappa shape index (κ2) is 5.29. The van der Waals surface area contributed by atoms with Gasteiger partial charge in [0.15, 0.2) is 0 Å². The van der Waals surface area contributed by atoms with E-state index in [0.29, 0.717) is 0 Å². The predicted octanol–water partition coefficient (Wildman–Crippen LogP) is 5.00. The minimum Gasteiger partial charge on any atom is -0.185 e. The number of rotatable bonds is 2. The summed E-state index contributed by atoms with van der Waals surface area (Å²) in [7, 11) is 0. The molecule has 2 heteroatoms. The lowest BCUT2D eigenvalue weighted by Gasteiger charge is -2.48. The SMILES string of the molecule is CC1=CCC(C(C)C)C2CC(C)(SC#N)CCC12. The number of allylic oxidation sites excluding steroid dienone is 2. The van der Waals surface area contributed by atoms with Crippen LogP contribution < -0.4 is 0 Å². The standard InChI is InChI=1S/C16H25NS/c1-11(2)13-6-5-12(3)14-7-8-16(4,18-10-17)9-15(13)14/h5,11,13-15H,6-9H2,1-4H3. The Hall–Kier alpha value is -0.420. The topological polar surface area (TPSA) is 23.8 Å². The summed E-state index contributed by atoms with van der Waals surface area (Å²) in [6.45, 7) is 9.33. The zero-order chi connectivity index (χ0) is 13.3. The van der Waals surface area contributed by atoms with Gasteiger partial charge in [0.1, 0.15) is 5.40 Å². The van der Waals surface area contributed by atoms with Gasteiger partial charge in [-0.2, -0.15) is 5.26 Å². The first-order valence-electron chi connectivity index (χ1n) is 7.20. The van der Waals surface area contributed by atoms with Crippen molar-refractivity contribution in [3.63, 3.8) is 0 Å². The van der Waals surface area contributed by atoms with E-state index >= 15 is 0 Å². The Bertz CT molecular complexity index is 379. The van der Waals surface area contributed by atoms with E-state index in [-0.39, 0.29) is 4.75 Å². The third kappa shape index (κ3) is 2.62. The van der Waals surface area contributed by atoms with Crippen LogP contribution in [0, 0.1) is 34.3 Å². The summed E-state index contributed by atoms with van der Waals surface area (Å²) in [5.74, 6) is 3.17. The van der Waals surface area contributed by atoms with E-state index in [1.807, 2.05) is 0 Å². The van der Waals surface area contributed by atoms with Gasteiger partial charge < -0.3 is 0 Å². The van der Waals surface area contributed by atoms with Crippen LogP contribution in [0.15, 0.2) is 11.6 Å². The molecule has 2 aliphatic carbocycles. The Morgan fingerprint density at radius 3 is 2.83 bits per heavy atom. The quantitative estimate of drug-likeness (QED) is 0.517. The highest BCUT2D eigenvalue weighted by atomic mass is 32.2. The molecule has 0 bridgehead atoms. The zero-order valence-corrected chi connectivity index (χ0v) is 12.9. The van der Waals surface area contributed by atoms with Gasteiger partial charge in [0.25, 0.3) is 0 Å². The number of nitrogens with zero attached hydrogens (tertiary/aromatic N) is 1. The van der Waals surface area contributed by atoms with Crippen LogP contribution in [0.1, 0.15) is 53.4 Å². The summed E-state index contributed by atoms with van der Waals surface area (Å²) < 4.78 is 0.195. The molecule has 0 heterocycles. The monoisotopic (exact) mass is 263 g/mol. The Morgan fingerprint density at radius 1 is 1.50 bits per heavy atom. The molecule has 0 aromatic heterocycles. The smallest absolute Gasteiger partial charge is 0.133 e. The number of hydrogen-bond donors (Lipinski definition) is 0. The molecule has 0 aromatic carbocycles. The first-order chi connectivity index (χ1) is 8.47. The molecule has 0 radical (unpaired) electrons. The fourth-order valence-corrected chi connectivity index (χ4v) is 4.77. The highest BCUT2D eigenvalue weighted by Gasteiger charge is 2.44. The number of nitriles is 1. The molecule has 4 unspecified atom stereocenters. The van der Waals surface area contributed by atoms with Crippen LogP contribution in [0.5, 0.6) is 0 Å². The van der Waals surface area contributed by atoms with Gasteiger partial charge in [-0.1, -0.05) is 25.5 Å². The second-order valence-corrected chi connectivity index (χ2v) is 8.12. The van der Waals surface area contributed by atoms with Crippen molar-refractivity contribution in [2.45, 2.75) is 58.1 Å². The summed E-state index contributed by atoms with van der Waals surface area (Å²) in [4.78, 5) is 0. The average molecular weight is 263 g/mol. The number of thioether (sulfide) groups is 1. The van der Waals surface area contributed by atoms with E-state index in [2.05, 4.69) is 39.2 Å². The molecule has 100 valence electrons. The molecule has 1 saturated carbocycles. The molecule has 2 rings (SSSR count). The molecule has 0 aromatic rings. The van der Waals surface area contributed by atoms with E-state index in [1.165, 1.54) is 37.4 Å². The second-order valence-electron chi connectivity index (χ2n) is 6.75. The summed E-state index contributed by atoms with van der Waals surface area (Å²) in [6, 6.07) is 0. The number of fused-ring (bicyclic) bond motifs is 1. The first kappa shape index (κ1) is 14.0. The van der Waals surface area contributed by atoms with Crippen LogP contribution in [0.3, 0.4) is 0 Å². The normalized spacial score (nSPS) is 40.0. The third-order valence-corrected chi connectivity index (χ3v) is 6.12. The van der Waals surface area contributed by atoms with E-state index in [9.17, 15) is 0 Å². The zero-order valence-electron chi connectivity index (χ0n) is 12.1. The Morgan fingerprint density at radius 2 is 2.22 bits per heavy atom. The maximum Gasteiger partial charge on any atom is 0.133 e. The predicted molar refractivity (Wildman–Crippen MR) is 79.1 cm³/mol. The van der Waals surface area contributed by atoms with E-state index in [0.717, 1.165) is 23.7 Å². The molecular formula is C16H25NS. The summed E-state index contributed by atoms with van der Waals surface area (Å²) in [6.07, 6.45) is 7.43. The third-order valence-electron chi connectivity index (χ3n) is 5.16. The van der Waals surface area contributed by atoms with Crippen molar-refractivity contribution in [2.24, 2.45) is 23.7 Å². The molecule has 4 atom stereocenters. The molecule has 0 saturated heterocycles. The summed E-state index contributed by atoms with van der Waals surface area (Å²) in [5, 5.41) is 11.3. The number of thiocyanates is 1. The minimum atomic E-state index is 0.195. The van der Waals surface area contributed by atoms with E-state index in [4.69, 9.17) is 5.26 Å². The van der Waals surface area contributed by atoms with Crippen LogP contribution in [0.4, 0.5) is 0 Å². The van der Waals surface area contributed by atoms with E-state index < -0.39 is 0 Å². The van der Waals surface area contributed by atoms with Crippen molar-refractivity contribution in [1.29, 1.82) is 5.26 Å². The maximum atomic E-state index is 9.01. The summed E-state index contributed by atoms with van der Waals surface area (Å²) in [5.41, 5.74) is 1.61. The van der Waals surface area contributed by atoms with Crippen LogP contribution in [0.25, 0.3) is 0 Å². The molecule has 18 heavy (non-hydrogen) atoms. The summed E-state index contributed by atoms with van der Waals surface area (Å²) >= 11 is 1.51. The largest absolute Gasteiger partial charge is 0.185 e. The van der Waals surface area contributed by atoms with Crippen molar-refractivity contribution in [3.05, 3.63) is 11.6 Å². The minimum absolute atomic E-state index is 0.195. The Balaban J connectivity index is 2.21. The molecule has 1 fully saturated rings. The number of hydrogen-bond acceptors (Lipinski definition) is 2. The highest BCUT2D eigenvalue weighted by molar-refractivity contribution is 8.05. The van der Waals surface area contributed by atoms with Gasteiger partial charge in [0.05, 0.1) is 0 Å². The lowest BCUT2D eigenvalue weighted by Crippen LogP contribution is -2.41. The fraction of sp³-hybridized carbons (Fsp3) is 0.812. The van der Waals surface area contributed by atoms with Gasteiger partial charge in [-0.25, -0.2) is 0 Å². The van der Waals surface area contributed by atoms with Gasteiger partial charge in [0, 0.05) is 4.75 Å². The van der Waals surface area contributed by atoms with E-state index in [1.54, 1.807) is 5.57 Å². The van der Waals surface area contributed by atoms with Gasteiger partial charge in [-0.15, -0.1) is 0 Å². The fourth-order valence-electron chi connectivity index (χ4n) is 4.05. The average Bonchev–Trinajstić information content (AvgIpc) is 2.28. The van der Waals surface area contributed by atoms with Crippen LogP contribution in [0.2, 0.25) is 0 Å². The van der Waals surface area contributed by atoms with Crippen molar-refractivity contribution in [2.75, 3.05) is 0 Å². The van der Waals surface area contributed by atoms with Gasteiger partial charge >= 0.3 is 0 Å². The molecule has 0 spiro atoms. The Labute approximate surface area is 116 Å². The molecule has 0 N–H and O–H groups in total. The maximum absolute atomic E-state index is 9.01. The molecule has 2 aliphatic rings. The molecule has 0 aliphatic heterocycles. The highest BCUT2D eigenvalue weighted by Crippen LogP contribution is 2.52. The lowest BCUT2D eigenvalue weighted by molar-refractivity contribution is 0.119. The van der Waals surface area contributed by atoms with Gasteiger partial charge in [-0.3, -0.25) is 0 Å². The van der Waals surface area contributed by atoms with Gasteiger partial charge in [-0.05, 0) is 75.0 Å². The van der Waals surface area contributed by atoms with Crippen molar-refractivity contribution in [3.8, 4) is 5.40 Å². The van der Waals surface area contributed by atoms with Crippen molar-refractivity contribution in [1.82, 2.24) is 0 Å². The molecular weight excluding hydrogens is 238 g/mol. The Kier molecular flexibility index (Phi) is 4.11. The van der Waals surface area contributed by atoms with Gasteiger partial charge in [0.2, 0.25) is 0 Å². The van der Waals surface area contributed by atoms with Crippen LogP contribution in [-0.4, -0.2) is 4.75 Å². The lowest BCUT2D eigenvalue weighted by atomic mass is 9.60.